The van der Waals surface area contributed by atoms with Crippen LogP contribution in [0.15, 0.2) is 47.7 Å². The highest BCUT2D eigenvalue weighted by molar-refractivity contribution is 5.97. The number of benzene rings is 1. The molecule has 0 saturated heterocycles. The zero-order valence-electron chi connectivity index (χ0n) is 11.8. The molecule has 0 saturated carbocycles. The molecule has 1 aromatic carbocycles. The maximum absolute atomic E-state index is 12.0. The first-order valence-corrected chi connectivity index (χ1v) is 6.16. The van der Waals surface area contributed by atoms with Crippen molar-refractivity contribution in [3.05, 3.63) is 53.3 Å². The fraction of sp³-hybridized carbons (Fsp3) is 0.188. The number of rotatable bonds is 6. The molecule has 0 amide bonds. The van der Waals surface area contributed by atoms with Crippen molar-refractivity contribution in [2.75, 3.05) is 0 Å². The zero-order chi connectivity index (χ0) is 15.7. The molecule has 5 heteroatoms. The molecule has 0 aliphatic heterocycles. The van der Waals surface area contributed by atoms with E-state index in [2.05, 4.69) is 9.47 Å². The smallest absolute Gasteiger partial charge is 0.292 e. The molecule has 0 bridgehead atoms. The van der Waals surface area contributed by atoms with E-state index in [0.29, 0.717) is 17.1 Å². The quantitative estimate of drug-likeness (QED) is 0.345. The SMILES string of the molecule is C/C(=C\C=C(/C)OC#N)CC(=O)c1ccc(OC#N)cc1. The Morgan fingerprint density at radius 2 is 1.81 bits per heavy atom. The Labute approximate surface area is 123 Å². The highest BCUT2D eigenvalue weighted by atomic mass is 16.5. The predicted molar refractivity (Wildman–Crippen MR) is 75.8 cm³/mol. The molecule has 0 unspecified atom stereocenters. The third-order valence-electron chi connectivity index (χ3n) is 2.59. The summed E-state index contributed by atoms with van der Waals surface area (Å²) in [5.74, 6) is 0.815. The number of carbonyl (C=O) groups is 1. The van der Waals surface area contributed by atoms with E-state index in [1.807, 2.05) is 6.92 Å². The van der Waals surface area contributed by atoms with Gasteiger partial charge in [0.2, 0.25) is 0 Å². The number of allylic oxidation sites excluding steroid dienone is 4. The second kappa shape index (κ2) is 8.19. The summed E-state index contributed by atoms with van der Waals surface area (Å²) in [6, 6.07) is 6.37. The van der Waals surface area contributed by atoms with E-state index in [-0.39, 0.29) is 12.2 Å². The van der Waals surface area contributed by atoms with Crippen molar-refractivity contribution in [3.63, 3.8) is 0 Å². The minimum Gasteiger partial charge on any atom is -0.393 e. The molecule has 0 fully saturated rings. The lowest BCUT2D eigenvalue weighted by molar-refractivity contribution is 0.0993. The van der Waals surface area contributed by atoms with Crippen LogP contribution in [0.3, 0.4) is 0 Å². The van der Waals surface area contributed by atoms with Crippen LogP contribution in [0.2, 0.25) is 0 Å². The van der Waals surface area contributed by atoms with Gasteiger partial charge in [0, 0.05) is 12.0 Å². The highest BCUT2D eigenvalue weighted by Crippen LogP contribution is 2.15. The Morgan fingerprint density at radius 3 is 2.38 bits per heavy atom. The molecule has 0 aliphatic rings. The summed E-state index contributed by atoms with van der Waals surface area (Å²) in [7, 11) is 0. The van der Waals surface area contributed by atoms with Crippen molar-refractivity contribution >= 4 is 5.78 Å². The second-order valence-corrected chi connectivity index (χ2v) is 4.30. The third-order valence-corrected chi connectivity index (χ3v) is 2.59. The summed E-state index contributed by atoms with van der Waals surface area (Å²) < 4.78 is 9.26. The Kier molecular flexibility index (Phi) is 6.24. The van der Waals surface area contributed by atoms with Crippen molar-refractivity contribution in [3.8, 4) is 18.3 Å². The molecule has 0 N–H and O–H groups in total. The molecule has 0 aromatic heterocycles. The van der Waals surface area contributed by atoms with E-state index in [9.17, 15) is 4.79 Å². The van der Waals surface area contributed by atoms with Crippen LogP contribution in [-0.2, 0) is 4.74 Å². The van der Waals surface area contributed by atoms with E-state index in [4.69, 9.17) is 10.5 Å². The molecule has 106 valence electrons. The van der Waals surface area contributed by atoms with E-state index >= 15 is 0 Å². The van der Waals surface area contributed by atoms with Crippen LogP contribution >= 0.6 is 0 Å². The van der Waals surface area contributed by atoms with Gasteiger partial charge in [-0.3, -0.25) is 4.79 Å². The number of ether oxygens (including phenoxy) is 2. The Hall–Kier alpha value is -3.05. The lowest BCUT2D eigenvalue weighted by Gasteiger charge is -2.02. The van der Waals surface area contributed by atoms with Crippen LogP contribution in [-0.4, -0.2) is 5.78 Å². The van der Waals surface area contributed by atoms with Crippen LogP contribution in [0.25, 0.3) is 0 Å². The predicted octanol–water partition coefficient (Wildman–Crippen LogP) is 3.47. The van der Waals surface area contributed by atoms with Gasteiger partial charge in [0.15, 0.2) is 5.78 Å². The molecular formula is C16H14N2O3. The Balaban J connectivity index is 2.68. The van der Waals surface area contributed by atoms with Crippen molar-refractivity contribution in [2.24, 2.45) is 0 Å². The van der Waals surface area contributed by atoms with Crippen molar-refractivity contribution in [1.29, 1.82) is 10.5 Å². The number of Topliss-reactive ketones (excluding diaryl/α,β-unsaturated/α-hetero) is 1. The van der Waals surface area contributed by atoms with Gasteiger partial charge >= 0.3 is 0 Å². The summed E-state index contributed by atoms with van der Waals surface area (Å²) >= 11 is 0. The largest absolute Gasteiger partial charge is 0.393 e. The topological polar surface area (TPSA) is 83.1 Å². The summed E-state index contributed by atoms with van der Waals surface area (Å²) in [5.41, 5.74) is 1.39. The Bertz CT molecular complexity index is 644. The summed E-state index contributed by atoms with van der Waals surface area (Å²) in [6.07, 6.45) is 6.77. The van der Waals surface area contributed by atoms with Crippen LogP contribution in [0.5, 0.6) is 5.75 Å². The molecule has 1 rings (SSSR count). The van der Waals surface area contributed by atoms with Gasteiger partial charge in [-0.1, -0.05) is 11.6 Å². The number of nitrogens with zero attached hydrogens (tertiary/aromatic N) is 2. The molecule has 0 aliphatic carbocycles. The van der Waals surface area contributed by atoms with Gasteiger partial charge < -0.3 is 9.47 Å². The molecule has 5 nitrogen and oxygen atoms in total. The van der Waals surface area contributed by atoms with Crippen molar-refractivity contribution in [1.82, 2.24) is 0 Å². The Morgan fingerprint density at radius 1 is 1.14 bits per heavy atom. The van der Waals surface area contributed by atoms with Gasteiger partial charge in [0.1, 0.15) is 11.5 Å². The highest BCUT2D eigenvalue weighted by Gasteiger charge is 2.06. The standard InChI is InChI=1S/C16H14N2O3/c1-12(3-4-13(2)20-10-17)9-16(19)14-5-7-15(8-6-14)21-11-18/h3-8H,9H2,1-2H3/b12-3+,13-4+. The van der Waals surface area contributed by atoms with Crippen LogP contribution in [0.4, 0.5) is 0 Å². The lowest BCUT2D eigenvalue weighted by atomic mass is 10.0. The third kappa shape index (κ3) is 5.63. The van der Waals surface area contributed by atoms with E-state index in [0.717, 1.165) is 5.57 Å². The minimum absolute atomic E-state index is 0.0421. The van der Waals surface area contributed by atoms with Crippen molar-refractivity contribution in [2.45, 2.75) is 20.3 Å². The fourth-order valence-electron chi connectivity index (χ4n) is 1.54. The zero-order valence-corrected chi connectivity index (χ0v) is 11.8. The average Bonchev–Trinajstić information content (AvgIpc) is 2.46. The van der Waals surface area contributed by atoms with E-state index in [1.165, 1.54) is 0 Å². The summed E-state index contributed by atoms with van der Waals surface area (Å²) in [6.45, 7) is 3.48. The van der Waals surface area contributed by atoms with Crippen LogP contribution in [0, 0.1) is 23.0 Å². The molecule has 1 aromatic rings. The van der Waals surface area contributed by atoms with Gasteiger partial charge in [-0.25, -0.2) is 0 Å². The van der Waals surface area contributed by atoms with Gasteiger partial charge in [-0.2, -0.15) is 0 Å². The molecule has 0 heterocycles. The number of hydrogen-bond acceptors (Lipinski definition) is 5. The van der Waals surface area contributed by atoms with Crippen LogP contribution < -0.4 is 4.74 Å². The molecule has 0 atom stereocenters. The van der Waals surface area contributed by atoms with Crippen LogP contribution in [0.1, 0.15) is 30.6 Å². The van der Waals surface area contributed by atoms with Gasteiger partial charge in [-0.05, 0) is 44.2 Å². The molecule has 21 heavy (non-hydrogen) atoms. The monoisotopic (exact) mass is 282 g/mol. The van der Waals surface area contributed by atoms with Gasteiger partial charge in [-0.15, -0.1) is 10.5 Å². The number of ketones is 1. The van der Waals surface area contributed by atoms with Gasteiger partial charge in [0.25, 0.3) is 12.5 Å². The summed E-state index contributed by atoms with van der Waals surface area (Å²) in [5, 5.41) is 16.7. The second-order valence-electron chi connectivity index (χ2n) is 4.30. The average molecular weight is 282 g/mol. The van der Waals surface area contributed by atoms with E-state index < -0.39 is 0 Å². The minimum atomic E-state index is -0.0421. The maximum Gasteiger partial charge on any atom is 0.292 e. The number of carbonyl (C=O) groups excluding carboxylic acids is 1. The van der Waals surface area contributed by atoms with Gasteiger partial charge in [0.05, 0.1) is 0 Å². The first-order chi connectivity index (χ1) is 10.1. The fourth-order valence-corrected chi connectivity index (χ4v) is 1.54. The number of nitriles is 2. The maximum atomic E-state index is 12.0. The first kappa shape index (κ1) is 16.0. The summed E-state index contributed by atoms with van der Waals surface area (Å²) in [4.78, 5) is 12.0. The number of hydrogen-bond donors (Lipinski definition) is 0. The molecule has 0 radical (unpaired) electrons. The van der Waals surface area contributed by atoms with Crippen molar-refractivity contribution < 1.29 is 14.3 Å². The first-order valence-electron chi connectivity index (χ1n) is 6.16. The molecular weight excluding hydrogens is 268 g/mol. The lowest BCUT2D eigenvalue weighted by Crippen LogP contribution is -1.99. The normalized spacial score (nSPS) is 11.2. The van der Waals surface area contributed by atoms with E-state index in [1.54, 1.807) is 55.9 Å². The molecule has 0 spiro atoms.